The number of pyridine rings is 1. The molecule has 1 aliphatic heterocycles. The molecule has 1 amide bonds. The number of amides is 1. The lowest BCUT2D eigenvalue weighted by molar-refractivity contribution is 0.0181. The van der Waals surface area contributed by atoms with Crippen LogP contribution in [0.1, 0.15) is 62.9 Å². The van der Waals surface area contributed by atoms with E-state index in [2.05, 4.69) is 4.98 Å². The van der Waals surface area contributed by atoms with E-state index in [4.69, 9.17) is 4.74 Å². The maximum atomic E-state index is 12.1. The summed E-state index contributed by atoms with van der Waals surface area (Å²) in [6.07, 6.45) is 7.22. The summed E-state index contributed by atoms with van der Waals surface area (Å²) in [7, 11) is 0. The number of hydrogen-bond acceptors (Lipinski definition) is 4. The van der Waals surface area contributed by atoms with Crippen molar-refractivity contribution in [3.63, 3.8) is 0 Å². The van der Waals surface area contributed by atoms with E-state index in [0.29, 0.717) is 11.5 Å². The topological polar surface area (TPSA) is 59.5 Å². The van der Waals surface area contributed by atoms with Crippen molar-refractivity contribution < 1.29 is 14.3 Å². The fraction of sp³-hybridized carbons (Fsp3) is 0.632. The largest absolute Gasteiger partial charge is 0.444 e. The van der Waals surface area contributed by atoms with Crippen molar-refractivity contribution in [3.8, 4) is 0 Å². The third kappa shape index (κ3) is 5.62. The van der Waals surface area contributed by atoms with Crippen LogP contribution in [0.15, 0.2) is 18.5 Å². The first-order chi connectivity index (χ1) is 11.2. The predicted octanol–water partition coefficient (Wildman–Crippen LogP) is 3.86. The van der Waals surface area contributed by atoms with E-state index >= 15 is 0 Å². The van der Waals surface area contributed by atoms with Gasteiger partial charge in [0.2, 0.25) is 0 Å². The van der Waals surface area contributed by atoms with Crippen LogP contribution in [0.2, 0.25) is 0 Å². The molecule has 0 radical (unpaired) electrons. The number of ketones is 1. The number of carbonyl (C=O) groups excluding carboxylic acids is 2. The van der Waals surface area contributed by atoms with Crippen molar-refractivity contribution in [3.05, 3.63) is 29.6 Å². The highest BCUT2D eigenvalue weighted by Crippen LogP contribution is 2.24. The summed E-state index contributed by atoms with van der Waals surface area (Å²) in [4.78, 5) is 29.4. The lowest BCUT2D eigenvalue weighted by atomic mass is 9.91. The van der Waals surface area contributed by atoms with Crippen LogP contribution in [-0.4, -0.2) is 40.5 Å². The normalized spacial score (nSPS) is 16.1. The van der Waals surface area contributed by atoms with Gasteiger partial charge in [0.25, 0.3) is 0 Å². The zero-order valence-corrected chi connectivity index (χ0v) is 15.2. The van der Waals surface area contributed by atoms with Crippen LogP contribution in [0.5, 0.6) is 0 Å². The lowest BCUT2D eigenvalue weighted by Gasteiger charge is -2.33. The Morgan fingerprint density at radius 3 is 2.50 bits per heavy atom. The third-order valence-electron chi connectivity index (χ3n) is 4.31. The fourth-order valence-corrected chi connectivity index (χ4v) is 2.92. The maximum absolute atomic E-state index is 12.1. The van der Waals surface area contributed by atoms with Gasteiger partial charge in [-0.2, -0.15) is 0 Å². The molecule has 5 heteroatoms. The molecule has 0 N–H and O–H groups in total. The Bertz CT molecular complexity index is 585. The van der Waals surface area contributed by atoms with Gasteiger partial charge in [0.05, 0.1) is 0 Å². The predicted molar refractivity (Wildman–Crippen MR) is 93.1 cm³/mol. The number of nitrogens with zero attached hydrogens (tertiary/aromatic N) is 2. The molecule has 1 aromatic heterocycles. The highest BCUT2D eigenvalue weighted by Gasteiger charge is 2.26. The van der Waals surface area contributed by atoms with Crippen LogP contribution < -0.4 is 0 Å². The monoisotopic (exact) mass is 332 g/mol. The molecular formula is C19H28N2O3. The first-order valence-corrected chi connectivity index (χ1v) is 8.67. The van der Waals surface area contributed by atoms with Gasteiger partial charge in [-0.1, -0.05) is 0 Å². The molecule has 1 saturated heterocycles. The molecule has 1 aromatic rings. The van der Waals surface area contributed by atoms with Crippen LogP contribution in [0.3, 0.4) is 0 Å². The van der Waals surface area contributed by atoms with Crippen LogP contribution in [0.25, 0.3) is 0 Å². The molecule has 5 nitrogen and oxygen atoms in total. The quantitative estimate of drug-likeness (QED) is 0.786. The van der Waals surface area contributed by atoms with Crippen molar-refractivity contribution in [2.45, 2.75) is 59.0 Å². The van der Waals surface area contributed by atoms with Gasteiger partial charge in [-0.25, -0.2) is 4.79 Å². The minimum Gasteiger partial charge on any atom is -0.444 e. The van der Waals surface area contributed by atoms with Crippen LogP contribution in [0, 0.1) is 5.92 Å². The van der Waals surface area contributed by atoms with Crippen LogP contribution in [0.4, 0.5) is 4.79 Å². The zero-order valence-electron chi connectivity index (χ0n) is 15.2. The fourth-order valence-electron chi connectivity index (χ4n) is 2.92. The summed E-state index contributed by atoms with van der Waals surface area (Å²) < 4.78 is 5.42. The molecule has 132 valence electrons. The highest BCUT2D eigenvalue weighted by atomic mass is 16.6. The van der Waals surface area contributed by atoms with Crippen molar-refractivity contribution in [2.75, 3.05) is 13.1 Å². The van der Waals surface area contributed by atoms with E-state index in [1.54, 1.807) is 18.0 Å². The summed E-state index contributed by atoms with van der Waals surface area (Å²) >= 11 is 0. The van der Waals surface area contributed by atoms with Crippen molar-refractivity contribution in [1.29, 1.82) is 0 Å². The Morgan fingerprint density at radius 2 is 1.92 bits per heavy atom. The lowest BCUT2D eigenvalue weighted by Crippen LogP contribution is -2.41. The average molecular weight is 332 g/mol. The molecule has 0 bridgehead atoms. The summed E-state index contributed by atoms with van der Waals surface area (Å²) in [5.41, 5.74) is 1.34. The molecule has 0 spiro atoms. The van der Waals surface area contributed by atoms with Gasteiger partial charge < -0.3 is 9.64 Å². The molecule has 0 aromatic carbocycles. The second-order valence-corrected chi connectivity index (χ2v) is 7.59. The number of likely N-dealkylation sites (tertiary alicyclic amines) is 1. The van der Waals surface area contributed by atoms with Crippen molar-refractivity contribution in [2.24, 2.45) is 5.92 Å². The van der Waals surface area contributed by atoms with E-state index in [0.717, 1.165) is 44.3 Å². The number of aromatic nitrogens is 1. The van der Waals surface area contributed by atoms with Crippen LogP contribution in [-0.2, 0) is 11.2 Å². The molecule has 2 rings (SSSR count). The summed E-state index contributed by atoms with van der Waals surface area (Å²) in [6, 6.07) is 1.94. The number of hydrogen-bond donors (Lipinski definition) is 0. The average Bonchev–Trinajstić information content (AvgIpc) is 2.52. The summed E-state index contributed by atoms with van der Waals surface area (Å²) in [5.74, 6) is 0.652. The van der Waals surface area contributed by atoms with Crippen molar-refractivity contribution >= 4 is 11.9 Å². The minimum absolute atomic E-state index is 0.0509. The second kappa shape index (κ2) is 7.77. The Kier molecular flexibility index (Phi) is 5.97. The zero-order chi connectivity index (χ0) is 17.7. The first kappa shape index (κ1) is 18.4. The summed E-state index contributed by atoms with van der Waals surface area (Å²) in [5, 5.41) is 0. The van der Waals surface area contributed by atoms with E-state index in [1.165, 1.54) is 0 Å². The van der Waals surface area contributed by atoms with Crippen molar-refractivity contribution in [1.82, 2.24) is 9.88 Å². The van der Waals surface area contributed by atoms with Gasteiger partial charge in [-0.3, -0.25) is 9.78 Å². The van der Waals surface area contributed by atoms with E-state index in [9.17, 15) is 9.59 Å². The smallest absolute Gasteiger partial charge is 0.410 e. The molecule has 0 aliphatic carbocycles. The molecule has 2 heterocycles. The Balaban J connectivity index is 1.78. The maximum Gasteiger partial charge on any atom is 0.410 e. The van der Waals surface area contributed by atoms with Gasteiger partial charge in [-0.05, 0) is 70.9 Å². The number of aryl methyl sites for hydroxylation is 1. The molecule has 1 aliphatic rings. The van der Waals surface area contributed by atoms with Gasteiger partial charge in [0.15, 0.2) is 5.78 Å². The Labute approximate surface area is 144 Å². The molecule has 0 saturated carbocycles. The number of rotatable bonds is 4. The van der Waals surface area contributed by atoms with Gasteiger partial charge in [-0.15, -0.1) is 0 Å². The SMILES string of the molecule is CC(=O)c1cncc(CCC2CCN(C(=O)OC(C)(C)C)CC2)c1. The third-order valence-corrected chi connectivity index (χ3v) is 4.31. The van der Waals surface area contributed by atoms with Crippen LogP contribution >= 0.6 is 0 Å². The highest BCUT2D eigenvalue weighted by molar-refractivity contribution is 5.93. The number of piperidine rings is 1. The molecule has 0 unspecified atom stereocenters. The van der Waals surface area contributed by atoms with E-state index < -0.39 is 5.60 Å². The Morgan fingerprint density at radius 1 is 1.25 bits per heavy atom. The van der Waals surface area contributed by atoms with E-state index in [-0.39, 0.29) is 11.9 Å². The number of ether oxygens (including phenoxy) is 1. The molecule has 0 atom stereocenters. The van der Waals surface area contributed by atoms with Gasteiger partial charge in [0, 0.05) is 31.0 Å². The number of carbonyl (C=O) groups is 2. The molecular weight excluding hydrogens is 304 g/mol. The molecule has 1 fully saturated rings. The standard InChI is InChI=1S/C19H28N2O3/c1-14(22)17-11-16(12-20-13-17)6-5-15-7-9-21(10-8-15)18(23)24-19(2,3)4/h11-13,15H,5-10H2,1-4H3. The minimum atomic E-state index is -0.442. The van der Waals surface area contributed by atoms with Gasteiger partial charge >= 0.3 is 6.09 Å². The van der Waals surface area contributed by atoms with Gasteiger partial charge in [0.1, 0.15) is 5.60 Å². The first-order valence-electron chi connectivity index (χ1n) is 8.67. The van der Waals surface area contributed by atoms with E-state index in [1.807, 2.05) is 33.0 Å². The molecule has 24 heavy (non-hydrogen) atoms. The Hall–Kier alpha value is -1.91. The number of Topliss-reactive ketones (excluding diaryl/α,β-unsaturated/α-hetero) is 1. The summed E-state index contributed by atoms with van der Waals surface area (Å²) in [6.45, 7) is 8.74. The second-order valence-electron chi connectivity index (χ2n) is 7.59.